The molecule has 10 nitrogen and oxygen atoms in total. The number of hydrogen-bond acceptors (Lipinski definition) is 6. The topological polar surface area (TPSA) is 136 Å². The van der Waals surface area contributed by atoms with Crippen molar-refractivity contribution in [2.24, 2.45) is 0 Å². The van der Waals surface area contributed by atoms with Crippen molar-refractivity contribution in [1.82, 2.24) is 20.4 Å². The van der Waals surface area contributed by atoms with Crippen LogP contribution in [0.15, 0.2) is 65.5 Å². The molecule has 2 amide bonds. The average molecular weight is 421 g/mol. The monoisotopic (exact) mass is 421 g/mol. The molecule has 0 fully saturated rings. The van der Waals surface area contributed by atoms with Crippen LogP contribution in [0.3, 0.4) is 0 Å². The summed E-state index contributed by atoms with van der Waals surface area (Å²) in [5.74, 6) is -1.03. The van der Waals surface area contributed by atoms with Gasteiger partial charge < -0.3 is 10.6 Å². The predicted molar refractivity (Wildman–Crippen MR) is 112 cm³/mol. The van der Waals surface area contributed by atoms with Crippen molar-refractivity contribution in [2.75, 3.05) is 13.1 Å². The molecule has 3 aromatic rings. The molecule has 0 atom stereocenters. The summed E-state index contributed by atoms with van der Waals surface area (Å²) in [7, 11) is 0. The number of nitrogens with zero attached hydrogens (tertiary/aromatic N) is 3. The van der Waals surface area contributed by atoms with Crippen molar-refractivity contribution < 1.29 is 14.5 Å². The van der Waals surface area contributed by atoms with Crippen molar-refractivity contribution in [1.29, 1.82) is 0 Å². The zero-order valence-electron chi connectivity index (χ0n) is 16.6. The second-order valence-corrected chi connectivity index (χ2v) is 6.53. The van der Waals surface area contributed by atoms with Gasteiger partial charge in [0.1, 0.15) is 5.69 Å². The van der Waals surface area contributed by atoms with Crippen LogP contribution in [0.2, 0.25) is 0 Å². The third kappa shape index (κ3) is 4.99. The number of amides is 2. The summed E-state index contributed by atoms with van der Waals surface area (Å²) < 4.78 is 1.19. The maximum Gasteiger partial charge on any atom is 0.294 e. The highest BCUT2D eigenvalue weighted by atomic mass is 16.6. The first-order valence-corrected chi connectivity index (χ1v) is 9.34. The number of carbonyl (C=O) groups is 2. The van der Waals surface area contributed by atoms with Crippen molar-refractivity contribution in [2.45, 2.75) is 6.92 Å². The summed E-state index contributed by atoms with van der Waals surface area (Å²) in [6, 6.07) is 15.7. The summed E-state index contributed by atoms with van der Waals surface area (Å²) in [4.78, 5) is 47.5. The number of carbonyl (C=O) groups excluding carboxylic acids is 2. The lowest BCUT2D eigenvalue weighted by molar-refractivity contribution is -0.384. The molecule has 3 rings (SSSR count). The van der Waals surface area contributed by atoms with E-state index >= 15 is 0 Å². The summed E-state index contributed by atoms with van der Waals surface area (Å²) in [6.45, 7) is 1.77. The number of rotatable bonds is 7. The van der Waals surface area contributed by atoms with Crippen LogP contribution in [0, 0.1) is 17.0 Å². The van der Waals surface area contributed by atoms with Gasteiger partial charge in [0.15, 0.2) is 5.69 Å². The van der Waals surface area contributed by atoms with E-state index in [1.165, 1.54) is 28.9 Å². The fourth-order valence-corrected chi connectivity index (χ4v) is 2.87. The molecule has 158 valence electrons. The van der Waals surface area contributed by atoms with E-state index in [0.717, 1.165) is 0 Å². The van der Waals surface area contributed by atoms with E-state index in [0.29, 0.717) is 11.3 Å². The van der Waals surface area contributed by atoms with Crippen molar-refractivity contribution in [3.63, 3.8) is 0 Å². The first-order chi connectivity index (χ1) is 14.9. The minimum Gasteiger partial charge on any atom is -0.350 e. The fraction of sp³-hybridized carbons (Fsp3) is 0.143. The van der Waals surface area contributed by atoms with Gasteiger partial charge in [0.05, 0.1) is 4.92 Å². The Morgan fingerprint density at radius 3 is 2.29 bits per heavy atom. The Morgan fingerprint density at radius 1 is 1.00 bits per heavy atom. The summed E-state index contributed by atoms with van der Waals surface area (Å²) in [6.07, 6.45) is 0. The van der Waals surface area contributed by atoms with Crippen molar-refractivity contribution in [3.8, 4) is 5.69 Å². The molecule has 10 heteroatoms. The zero-order chi connectivity index (χ0) is 22.4. The molecule has 2 aromatic carbocycles. The quantitative estimate of drug-likeness (QED) is 0.338. The molecule has 0 saturated carbocycles. The lowest BCUT2D eigenvalue weighted by atomic mass is 10.2. The first kappa shape index (κ1) is 21.4. The highest BCUT2D eigenvalue weighted by molar-refractivity contribution is 5.94. The van der Waals surface area contributed by atoms with Crippen LogP contribution in [0.4, 0.5) is 5.69 Å². The molecule has 31 heavy (non-hydrogen) atoms. The Kier molecular flexibility index (Phi) is 6.51. The number of benzene rings is 2. The molecule has 0 aliphatic rings. The summed E-state index contributed by atoms with van der Waals surface area (Å²) in [5, 5.41) is 20.5. The molecule has 0 aliphatic heterocycles. The van der Waals surface area contributed by atoms with Crippen LogP contribution in [-0.4, -0.2) is 39.6 Å². The van der Waals surface area contributed by atoms with E-state index in [-0.39, 0.29) is 30.4 Å². The molecule has 1 aromatic heterocycles. The van der Waals surface area contributed by atoms with Gasteiger partial charge in [0.2, 0.25) is 5.43 Å². The molecule has 2 N–H and O–H groups in total. The smallest absolute Gasteiger partial charge is 0.294 e. The van der Waals surface area contributed by atoms with Crippen LogP contribution < -0.4 is 16.1 Å². The molecule has 0 radical (unpaired) electrons. The van der Waals surface area contributed by atoms with Crippen LogP contribution >= 0.6 is 0 Å². The maximum absolute atomic E-state index is 12.5. The van der Waals surface area contributed by atoms with Gasteiger partial charge >= 0.3 is 0 Å². The SMILES string of the molecule is Cc1cc(=O)c(C(=O)NCCNC(=O)c2ccccc2)nn1-c1ccccc1[N+](=O)[O-]. The molecule has 0 bridgehead atoms. The third-order valence-corrected chi connectivity index (χ3v) is 4.36. The van der Waals surface area contributed by atoms with Crippen molar-refractivity contribution in [3.05, 3.63) is 98.0 Å². The Hall–Kier alpha value is -4.34. The van der Waals surface area contributed by atoms with Crippen LogP contribution in [0.25, 0.3) is 5.69 Å². The number of aryl methyl sites for hydroxylation is 1. The number of nitrogens with one attached hydrogen (secondary N) is 2. The molecule has 1 heterocycles. The minimum atomic E-state index is -0.744. The minimum absolute atomic E-state index is 0.0673. The number of hydrogen-bond donors (Lipinski definition) is 2. The van der Waals surface area contributed by atoms with Gasteiger partial charge in [0.25, 0.3) is 17.5 Å². The lowest BCUT2D eigenvalue weighted by Gasteiger charge is -2.12. The van der Waals surface area contributed by atoms with E-state index in [2.05, 4.69) is 15.7 Å². The number of nitro groups is 1. The van der Waals surface area contributed by atoms with Gasteiger partial charge in [-0.25, -0.2) is 4.68 Å². The molecular formula is C21H19N5O5. The highest BCUT2D eigenvalue weighted by Crippen LogP contribution is 2.22. The Bertz CT molecular complexity index is 1190. The number of nitro benzene ring substituents is 1. The molecule has 0 spiro atoms. The van der Waals surface area contributed by atoms with Crippen LogP contribution in [0.5, 0.6) is 0 Å². The van der Waals surface area contributed by atoms with Gasteiger partial charge in [-0.05, 0) is 25.1 Å². The van der Waals surface area contributed by atoms with E-state index in [1.54, 1.807) is 43.3 Å². The largest absolute Gasteiger partial charge is 0.350 e. The first-order valence-electron chi connectivity index (χ1n) is 9.34. The van der Waals surface area contributed by atoms with Gasteiger partial charge in [0, 0.05) is 36.5 Å². The fourth-order valence-electron chi connectivity index (χ4n) is 2.87. The van der Waals surface area contributed by atoms with Crippen LogP contribution in [-0.2, 0) is 0 Å². The highest BCUT2D eigenvalue weighted by Gasteiger charge is 2.20. The second-order valence-electron chi connectivity index (χ2n) is 6.53. The Labute approximate surface area is 176 Å². The van der Waals surface area contributed by atoms with E-state index in [4.69, 9.17) is 0 Å². The standard InChI is InChI=1S/C21H19N5O5/c1-14-13-18(27)19(24-25(14)16-9-5-6-10-17(16)26(30)31)21(29)23-12-11-22-20(28)15-7-3-2-4-8-15/h2-10,13H,11-12H2,1H3,(H,22,28)(H,23,29). The van der Waals surface area contributed by atoms with Gasteiger partial charge in [-0.1, -0.05) is 30.3 Å². The van der Waals surface area contributed by atoms with Gasteiger partial charge in [-0.3, -0.25) is 24.5 Å². The molecule has 0 unspecified atom stereocenters. The van der Waals surface area contributed by atoms with E-state index in [1.807, 2.05) is 0 Å². The normalized spacial score (nSPS) is 10.4. The van der Waals surface area contributed by atoms with Gasteiger partial charge in [-0.2, -0.15) is 5.10 Å². The number of para-hydroxylation sites is 2. The molecule has 0 saturated heterocycles. The van der Waals surface area contributed by atoms with E-state index in [9.17, 15) is 24.5 Å². The second kappa shape index (κ2) is 9.44. The third-order valence-electron chi connectivity index (χ3n) is 4.36. The zero-order valence-corrected chi connectivity index (χ0v) is 16.6. The Balaban J connectivity index is 1.72. The van der Waals surface area contributed by atoms with E-state index < -0.39 is 22.0 Å². The van der Waals surface area contributed by atoms with Crippen molar-refractivity contribution >= 4 is 17.5 Å². The summed E-state index contributed by atoms with van der Waals surface area (Å²) in [5.41, 5.74) is -0.269. The average Bonchev–Trinajstić information content (AvgIpc) is 2.77. The van der Waals surface area contributed by atoms with Gasteiger partial charge in [-0.15, -0.1) is 0 Å². The number of aromatic nitrogens is 2. The molecule has 0 aliphatic carbocycles. The lowest BCUT2D eigenvalue weighted by Crippen LogP contribution is -2.37. The predicted octanol–water partition coefficient (Wildman–Crippen LogP) is 1.61. The Morgan fingerprint density at radius 2 is 1.61 bits per heavy atom. The summed E-state index contributed by atoms with van der Waals surface area (Å²) >= 11 is 0. The van der Waals surface area contributed by atoms with Crippen LogP contribution in [0.1, 0.15) is 26.5 Å². The molecular weight excluding hydrogens is 402 g/mol. The maximum atomic E-state index is 12.5.